The van der Waals surface area contributed by atoms with E-state index in [0.29, 0.717) is 13.1 Å². The van der Waals surface area contributed by atoms with Gasteiger partial charge in [-0.3, -0.25) is 14.5 Å². The summed E-state index contributed by atoms with van der Waals surface area (Å²) >= 11 is 6.01. The van der Waals surface area contributed by atoms with Crippen molar-refractivity contribution in [3.05, 3.63) is 46.8 Å². The summed E-state index contributed by atoms with van der Waals surface area (Å²) in [6.07, 6.45) is 3.77. The van der Waals surface area contributed by atoms with E-state index in [0.717, 1.165) is 12.3 Å². The van der Waals surface area contributed by atoms with Gasteiger partial charge in [0.25, 0.3) is 0 Å². The highest BCUT2D eigenvalue weighted by Gasteiger charge is 2.20. The molecule has 0 fully saturated rings. The molecule has 7 heteroatoms. The lowest BCUT2D eigenvalue weighted by Gasteiger charge is -2.11. The van der Waals surface area contributed by atoms with Gasteiger partial charge in [-0.2, -0.15) is 5.10 Å². The molecular weight excluding hydrogens is 283 g/mol. The molecule has 2 heterocycles. The average molecular weight is 297 g/mol. The lowest BCUT2D eigenvalue weighted by atomic mass is 10.1. The minimum atomic E-state index is -0.564. The first-order chi connectivity index (χ1) is 9.49. The highest BCUT2D eigenvalue weighted by atomic mass is 35.5. The van der Waals surface area contributed by atoms with Gasteiger partial charge >= 0.3 is 0 Å². The predicted molar refractivity (Wildman–Crippen MR) is 73.4 cm³/mol. The Kier molecular flexibility index (Phi) is 4.46. The van der Waals surface area contributed by atoms with Crippen LogP contribution < -0.4 is 0 Å². The van der Waals surface area contributed by atoms with Crippen LogP contribution in [0.15, 0.2) is 24.7 Å². The van der Waals surface area contributed by atoms with Gasteiger partial charge in [0.15, 0.2) is 0 Å². The second-order valence-electron chi connectivity index (χ2n) is 4.59. The molecule has 0 saturated heterocycles. The molecule has 2 aromatic heterocycles. The van der Waals surface area contributed by atoms with E-state index < -0.39 is 11.6 Å². The van der Waals surface area contributed by atoms with Crippen LogP contribution >= 0.6 is 11.6 Å². The summed E-state index contributed by atoms with van der Waals surface area (Å²) in [7, 11) is 3.84. The van der Waals surface area contributed by atoms with Crippen molar-refractivity contribution in [2.45, 2.75) is 6.54 Å². The molecule has 0 aliphatic carbocycles. The molecule has 0 N–H and O–H groups in total. The van der Waals surface area contributed by atoms with Crippen LogP contribution in [0, 0.1) is 5.82 Å². The van der Waals surface area contributed by atoms with Gasteiger partial charge in [0.2, 0.25) is 5.78 Å². The number of aromatic nitrogens is 3. The van der Waals surface area contributed by atoms with E-state index in [-0.39, 0.29) is 16.3 Å². The van der Waals surface area contributed by atoms with Gasteiger partial charge in [-0.15, -0.1) is 0 Å². The number of pyridine rings is 1. The molecule has 0 atom stereocenters. The zero-order valence-corrected chi connectivity index (χ0v) is 11.9. The van der Waals surface area contributed by atoms with E-state index in [1.165, 1.54) is 17.1 Å². The van der Waals surface area contributed by atoms with Crippen molar-refractivity contribution in [1.29, 1.82) is 0 Å². The van der Waals surface area contributed by atoms with Crippen LogP contribution in [0.25, 0.3) is 0 Å². The van der Waals surface area contributed by atoms with Crippen LogP contribution in [0.2, 0.25) is 5.02 Å². The number of carbonyl (C=O) groups excluding carboxylic acids is 1. The molecule has 20 heavy (non-hydrogen) atoms. The first-order valence-electron chi connectivity index (χ1n) is 6.00. The maximum Gasteiger partial charge on any atom is 0.214 e. The SMILES string of the molecule is CN(C)CCn1ncc(Cl)c1C(=O)c1cncc(F)c1. The van der Waals surface area contributed by atoms with E-state index in [4.69, 9.17) is 11.6 Å². The summed E-state index contributed by atoms with van der Waals surface area (Å²) in [6.45, 7) is 1.23. The number of carbonyl (C=O) groups is 1. The van der Waals surface area contributed by atoms with E-state index in [1.807, 2.05) is 19.0 Å². The van der Waals surface area contributed by atoms with Crippen molar-refractivity contribution in [3.8, 4) is 0 Å². The van der Waals surface area contributed by atoms with Crippen molar-refractivity contribution < 1.29 is 9.18 Å². The molecule has 0 radical (unpaired) electrons. The Hall–Kier alpha value is -1.79. The fraction of sp³-hybridized carbons (Fsp3) is 0.308. The number of hydrogen-bond acceptors (Lipinski definition) is 4. The van der Waals surface area contributed by atoms with Gasteiger partial charge in [0.05, 0.1) is 24.0 Å². The Morgan fingerprint density at radius 3 is 2.80 bits per heavy atom. The molecule has 0 saturated carbocycles. The second kappa shape index (κ2) is 6.11. The third-order valence-corrected chi connectivity index (χ3v) is 3.01. The van der Waals surface area contributed by atoms with Crippen molar-refractivity contribution in [1.82, 2.24) is 19.7 Å². The van der Waals surface area contributed by atoms with E-state index in [1.54, 1.807) is 0 Å². The summed E-state index contributed by atoms with van der Waals surface area (Å²) in [5.74, 6) is -0.954. The first-order valence-corrected chi connectivity index (χ1v) is 6.38. The second-order valence-corrected chi connectivity index (χ2v) is 5.00. The highest BCUT2D eigenvalue weighted by molar-refractivity contribution is 6.34. The number of ketones is 1. The molecule has 0 aliphatic rings. The summed E-state index contributed by atoms with van der Waals surface area (Å²) in [4.78, 5) is 18.0. The number of nitrogens with zero attached hydrogens (tertiary/aromatic N) is 4. The van der Waals surface area contributed by atoms with Crippen molar-refractivity contribution in [3.63, 3.8) is 0 Å². The Morgan fingerprint density at radius 2 is 2.15 bits per heavy atom. The Morgan fingerprint density at radius 1 is 1.40 bits per heavy atom. The molecule has 2 rings (SSSR count). The van der Waals surface area contributed by atoms with Gasteiger partial charge in [0, 0.05) is 18.3 Å². The molecule has 0 aliphatic heterocycles. The lowest BCUT2D eigenvalue weighted by Crippen LogP contribution is -2.21. The normalized spacial score (nSPS) is 11.1. The van der Waals surface area contributed by atoms with Crippen LogP contribution in [0.5, 0.6) is 0 Å². The summed E-state index contributed by atoms with van der Waals surface area (Å²) < 4.78 is 14.7. The molecule has 0 spiro atoms. The van der Waals surface area contributed by atoms with Crippen LogP contribution in [-0.2, 0) is 6.54 Å². The van der Waals surface area contributed by atoms with Gasteiger partial charge in [-0.1, -0.05) is 11.6 Å². The topological polar surface area (TPSA) is 51.0 Å². The van der Waals surface area contributed by atoms with Gasteiger partial charge in [-0.25, -0.2) is 4.39 Å². The fourth-order valence-corrected chi connectivity index (χ4v) is 1.95. The average Bonchev–Trinajstić information content (AvgIpc) is 2.76. The summed E-state index contributed by atoms with van der Waals surface area (Å²) in [5, 5.41) is 4.33. The quantitative estimate of drug-likeness (QED) is 0.790. The summed E-state index contributed by atoms with van der Waals surface area (Å²) in [5.41, 5.74) is 0.402. The first kappa shape index (κ1) is 14.6. The number of halogens is 2. The maximum absolute atomic E-state index is 13.1. The fourth-order valence-electron chi connectivity index (χ4n) is 1.73. The molecule has 0 amide bonds. The Bertz CT molecular complexity index is 627. The van der Waals surface area contributed by atoms with Crippen LogP contribution in [0.1, 0.15) is 16.1 Å². The minimum Gasteiger partial charge on any atom is -0.308 e. The van der Waals surface area contributed by atoms with E-state index >= 15 is 0 Å². The van der Waals surface area contributed by atoms with Gasteiger partial charge < -0.3 is 4.90 Å². The standard InChI is InChI=1S/C13H14ClFN4O/c1-18(2)3-4-19-12(11(14)8-17-19)13(20)9-5-10(15)7-16-6-9/h5-8H,3-4H2,1-2H3. The molecular formula is C13H14ClFN4O. The number of hydrogen-bond donors (Lipinski definition) is 0. The third kappa shape index (κ3) is 3.20. The van der Waals surface area contributed by atoms with E-state index in [2.05, 4.69) is 10.1 Å². The predicted octanol–water partition coefficient (Wildman–Crippen LogP) is 1.86. The zero-order chi connectivity index (χ0) is 14.7. The number of likely N-dealkylation sites (N-methyl/N-ethyl adjacent to an activating group) is 1. The molecule has 0 aromatic carbocycles. The maximum atomic E-state index is 13.1. The van der Waals surface area contributed by atoms with Crippen LogP contribution in [0.3, 0.4) is 0 Å². The monoisotopic (exact) mass is 296 g/mol. The summed E-state index contributed by atoms with van der Waals surface area (Å²) in [6, 6.07) is 1.13. The molecule has 2 aromatic rings. The Balaban J connectivity index is 2.32. The molecule has 106 valence electrons. The van der Waals surface area contributed by atoms with E-state index in [9.17, 15) is 9.18 Å². The van der Waals surface area contributed by atoms with Gasteiger partial charge in [-0.05, 0) is 20.2 Å². The largest absolute Gasteiger partial charge is 0.308 e. The number of rotatable bonds is 5. The van der Waals surface area contributed by atoms with Crippen molar-refractivity contribution >= 4 is 17.4 Å². The third-order valence-electron chi connectivity index (χ3n) is 2.74. The van der Waals surface area contributed by atoms with Crippen molar-refractivity contribution in [2.24, 2.45) is 0 Å². The highest BCUT2D eigenvalue weighted by Crippen LogP contribution is 2.19. The molecule has 0 unspecified atom stereocenters. The Labute approximate surface area is 121 Å². The van der Waals surface area contributed by atoms with Crippen LogP contribution in [0.4, 0.5) is 4.39 Å². The van der Waals surface area contributed by atoms with Crippen LogP contribution in [-0.4, -0.2) is 46.1 Å². The smallest absolute Gasteiger partial charge is 0.214 e. The lowest BCUT2D eigenvalue weighted by molar-refractivity contribution is 0.102. The van der Waals surface area contributed by atoms with Crippen molar-refractivity contribution in [2.75, 3.05) is 20.6 Å². The molecule has 5 nitrogen and oxygen atoms in total. The zero-order valence-electron chi connectivity index (χ0n) is 11.2. The molecule has 0 bridgehead atoms. The van der Waals surface area contributed by atoms with Gasteiger partial charge in [0.1, 0.15) is 11.5 Å². The minimum absolute atomic E-state index is 0.151.